The van der Waals surface area contributed by atoms with Crippen molar-refractivity contribution in [1.29, 1.82) is 0 Å². The molecular formula is C27H32N4O3. The SMILES string of the molecule is CCOc1ccc(CNC(=O)C2CCN(c3ccnc(-c4ccccc4)n3)CC2)cc1OCC. The minimum absolute atomic E-state index is 0.000686. The molecule has 0 spiro atoms. The zero-order chi connectivity index (χ0) is 23.8. The van der Waals surface area contributed by atoms with Crippen LogP contribution in [0.15, 0.2) is 60.8 Å². The van der Waals surface area contributed by atoms with Crippen LogP contribution in [0.2, 0.25) is 0 Å². The summed E-state index contributed by atoms with van der Waals surface area (Å²) < 4.78 is 11.3. The molecule has 0 saturated carbocycles. The van der Waals surface area contributed by atoms with Gasteiger partial charge < -0.3 is 19.7 Å². The highest BCUT2D eigenvalue weighted by Gasteiger charge is 2.25. The van der Waals surface area contributed by atoms with E-state index < -0.39 is 0 Å². The second-order valence-corrected chi connectivity index (χ2v) is 8.23. The second-order valence-electron chi connectivity index (χ2n) is 8.23. The number of nitrogens with zero attached hydrogens (tertiary/aromatic N) is 3. The van der Waals surface area contributed by atoms with Gasteiger partial charge in [-0.1, -0.05) is 36.4 Å². The Bertz CT molecular complexity index is 1080. The Morgan fingerprint density at radius 3 is 2.47 bits per heavy atom. The molecule has 0 radical (unpaired) electrons. The maximum atomic E-state index is 12.8. The minimum Gasteiger partial charge on any atom is -0.490 e. The van der Waals surface area contributed by atoms with Crippen molar-refractivity contribution in [3.63, 3.8) is 0 Å². The quantitative estimate of drug-likeness (QED) is 0.508. The molecule has 1 fully saturated rings. The smallest absolute Gasteiger partial charge is 0.223 e. The van der Waals surface area contributed by atoms with Gasteiger partial charge in [-0.2, -0.15) is 0 Å². The van der Waals surface area contributed by atoms with Crippen LogP contribution < -0.4 is 19.7 Å². The van der Waals surface area contributed by atoms with E-state index in [1.54, 1.807) is 6.20 Å². The largest absolute Gasteiger partial charge is 0.490 e. The van der Waals surface area contributed by atoms with Crippen molar-refractivity contribution in [2.45, 2.75) is 33.2 Å². The molecule has 3 aromatic rings. The highest BCUT2D eigenvalue weighted by Crippen LogP contribution is 2.29. The molecule has 178 valence electrons. The highest BCUT2D eigenvalue weighted by atomic mass is 16.5. The van der Waals surface area contributed by atoms with E-state index in [9.17, 15) is 4.79 Å². The molecule has 0 aliphatic carbocycles. The first-order valence-corrected chi connectivity index (χ1v) is 12.0. The standard InChI is InChI=1S/C27H32N4O3/c1-3-33-23-11-10-20(18-24(23)34-4-2)19-29-27(32)22-13-16-31(17-14-22)25-12-15-28-26(30-25)21-8-6-5-7-9-21/h5-12,15,18,22H,3-4,13-14,16-17,19H2,1-2H3,(H,29,32). The zero-order valence-corrected chi connectivity index (χ0v) is 19.9. The molecule has 1 aromatic heterocycles. The van der Waals surface area contributed by atoms with Crippen molar-refractivity contribution in [1.82, 2.24) is 15.3 Å². The number of amides is 1. The summed E-state index contributed by atoms with van der Waals surface area (Å²) in [7, 11) is 0. The number of aromatic nitrogens is 2. The van der Waals surface area contributed by atoms with Crippen molar-refractivity contribution < 1.29 is 14.3 Å². The molecule has 4 rings (SSSR count). The fraction of sp³-hybridized carbons (Fsp3) is 0.370. The van der Waals surface area contributed by atoms with E-state index in [-0.39, 0.29) is 11.8 Å². The van der Waals surface area contributed by atoms with Crippen LogP contribution in [-0.4, -0.2) is 42.2 Å². The molecule has 0 unspecified atom stereocenters. The molecule has 0 bridgehead atoms. The fourth-order valence-corrected chi connectivity index (χ4v) is 4.16. The molecular weight excluding hydrogens is 428 g/mol. The summed E-state index contributed by atoms with van der Waals surface area (Å²) >= 11 is 0. The molecule has 1 N–H and O–H groups in total. The van der Waals surface area contributed by atoms with Gasteiger partial charge in [0.1, 0.15) is 5.82 Å². The lowest BCUT2D eigenvalue weighted by Crippen LogP contribution is -2.40. The average Bonchev–Trinajstić information content (AvgIpc) is 2.89. The number of nitrogens with one attached hydrogen (secondary N) is 1. The predicted octanol–water partition coefficient (Wildman–Crippen LogP) is 4.47. The van der Waals surface area contributed by atoms with Gasteiger partial charge >= 0.3 is 0 Å². The summed E-state index contributed by atoms with van der Waals surface area (Å²) in [6.45, 7) is 7.09. The molecule has 2 heterocycles. The maximum Gasteiger partial charge on any atom is 0.223 e. The van der Waals surface area contributed by atoms with E-state index in [4.69, 9.17) is 14.5 Å². The predicted molar refractivity (Wildman–Crippen MR) is 133 cm³/mol. The number of hydrogen-bond acceptors (Lipinski definition) is 6. The van der Waals surface area contributed by atoms with Gasteiger partial charge in [-0.05, 0) is 50.5 Å². The van der Waals surface area contributed by atoms with E-state index in [0.717, 1.165) is 54.4 Å². The van der Waals surface area contributed by atoms with E-state index >= 15 is 0 Å². The van der Waals surface area contributed by atoms with Gasteiger partial charge in [-0.25, -0.2) is 9.97 Å². The summed E-state index contributed by atoms with van der Waals surface area (Å²) in [5, 5.41) is 3.10. The van der Waals surface area contributed by atoms with Gasteiger partial charge in [0.15, 0.2) is 17.3 Å². The maximum absolute atomic E-state index is 12.8. The topological polar surface area (TPSA) is 76.6 Å². The fourth-order valence-electron chi connectivity index (χ4n) is 4.16. The number of piperidine rings is 1. The van der Waals surface area contributed by atoms with Crippen LogP contribution >= 0.6 is 0 Å². The van der Waals surface area contributed by atoms with Crippen molar-refractivity contribution >= 4 is 11.7 Å². The van der Waals surface area contributed by atoms with Crippen LogP contribution in [0.1, 0.15) is 32.3 Å². The van der Waals surface area contributed by atoms with E-state index in [2.05, 4.69) is 15.2 Å². The van der Waals surface area contributed by atoms with Crippen molar-refractivity contribution in [2.75, 3.05) is 31.2 Å². The molecule has 7 nitrogen and oxygen atoms in total. The van der Waals surface area contributed by atoms with Gasteiger partial charge in [0.2, 0.25) is 5.91 Å². The van der Waals surface area contributed by atoms with Crippen molar-refractivity contribution in [2.24, 2.45) is 5.92 Å². The lowest BCUT2D eigenvalue weighted by atomic mass is 9.96. The Balaban J connectivity index is 1.31. The lowest BCUT2D eigenvalue weighted by Gasteiger charge is -2.32. The number of carbonyl (C=O) groups is 1. The molecule has 0 atom stereocenters. The molecule has 1 aliphatic heterocycles. The molecule has 1 saturated heterocycles. The number of rotatable bonds is 9. The van der Waals surface area contributed by atoms with Crippen LogP contribution in [0.25, 0.3) is 11.4 Å². The number of anilines is 1. The first-order chi connectivity index (χ1) is 16.7. The number of ether oxygens (including phenoxy) is 2. The Hall–Kier alpha value is -3.61. The Kier molecular flexibility index (Phi) is 7.96. The van der Waals surface area contributed by atoms with Gasteiger partial charge in [0.25, 0.3) is 0 Å². The number of benzene rings is 2. The summed E-state index contributed by atoms with van der Waals surface area (Å²) in [5.41, 5.74) is 1.99. The van der Waals surface area contributed by atoms with E-state index in [1.165, 1.54) is 0 Å². The summed E-state index contributed by atoms with van der Waals surface area (Å²) in [6.07, 6.45) is 3.39. The summed E-state index contributed by atoms with van der Waals surface area (Å²) in [5.74, 6) is 3.17. The third-order valence-electron chi connectivity index (χ3n) is 5.94. The highest BCUT2D eigenvalue weighted by molar-refractivity contribution is 5.79. The zero-order valence-electron chi connectivity index (χ0n) is 19.9. The molecule has 1 amide bonds. The van der Waals surface area contributed by atoms with Gasteiger partial charge in [-0.3, -0.25) is 4.79 Å². The van der Waals surface area contributed by atoms with Crippen LogP contribution in [0, 0.1) is 5.92 Å². The minimum atomic E-state index is 0.000686. The molecule has 34 heavy (non-hydrogen) atoms. The molecule has 7 heteroatoms. The first kappa shape index (κ1) is 23.5. The number of carbonyl (C=O) groups excluding carboxylic acids is 1. The Labute approximate surface area is 201 Å². The normalized spacial score (nSPS) is 14.0. The van der Waals surface area contributed by atoms with Gasteiger partial charge in [-0.15, -0.1) is 0 Å². The third kappa shape index (κ3) is 5.84. The van der Waals surface area contributed by atoms with Gasteiger partial charge in [0, 0.05) is 37.3 Å². The van der Waals surface area contributed by atoms with E-state index in [0.29, 0.717) is 25.5 Å². The van der Waals surface area contributed by atoms with Crippen LogP contribution in [0.5, 0.6) is 11.5 Å². The van der Waals surface area contributed by atoms with Crippen LogP contribution in [-0.2, 0) is 11.3 Å². The molecule has 1 aliphatic rings. The summed E-state index contributed by atoms with van der Waals surface area (Å²) in [6, 6.07) is 17.7. The molecule has 2 aromatic carbocycles. The summed E-state index contributed by atoms with van der Waals surface area (Å²) in [4.78, 5) is 24.2. The third-order valence-corrected chi connectivity index (χ3v) is 5.94. The Morgan fingerprint density at radius 1 is 1.00 bits per heavy atom. The number of hydrogen-bond donors (Lipinski definition) is 1. The van der Waals surface area contributed by atoms with Crippen LogP contribution in [0.4, 0.5) is 5.82 Å². The average molecular weight is 461 g/mol. The Morgan fingerprint density at radius 2 is 1.74 bits per heavy atom. The second kappa shape index (κ2) is 11.5. The van der Waals surface area contributed by atoms with Crippen molar-refractivity contribution in [3.05, 3.63) is 66.4 Å². The monoisotopic (exact) mass is 460 g/mol. The van der Waals surface area contributed by atoms with Crippen LogP contribution in [0.3, 0.4) is 0 Å². The van der Waals surface area contributed by atoms with Gasteiger partial charge in [0.05, 0.1) is 13.2 Å². The van der Waals surface area contributed by atoms with E-state index in [1.807, 2.05) is 68.4 Å². The lowest BCUT2D eigenvalue weighted by molar-refractivity contribution is -0.125. The van der Waals surface area contributed by atoms with Crippen molar-refractivity contribution in [3.8, 4) is 22.9 Å². The first-order valence-electron chi connectivity index (χ1n) is 12.0.